The Bertz CT molecular complexity index is 73.8. The predicted octanol–water partition coefficient (Wildman–Crippen LogP) is -0.0440. The van der Waals surface area contributed by atoms with Crippen LogP contribution >= 0.6 is 0 Å². The number of alkyl halides is 1. The van der Waals surface area contributed by atoms with Gasteiger partial charge >= 0.3 is 0 Å². The first-order valence-corrected chi connectivity index (χ1v) is 2.24. The molecule has 0 bridgehead atoms. The third kappa shape index (κ3) is 0.885. The zero-order valence-electron chi connectivity index (χ0n) is 3.89. The van der Waals surface area contributed by atoms with Gasteiger partial charge in [-0.15, -0.1) is 0 Å². The lowest BCUT2D eigenvalue weighted by molar-refractivity contribution is 0.424. The fraction of sp³-hybridized carbons (Fsp3) is 0.750. The van der Waals surface area contributed by atoms with Gasteiger partial charge in [0.2, 0.25) is 0 Å². The van der Waals surface area contributed by atoms with Gasteiger partial charge in [0.05, 0.1) is 18.9 Å². The molecule has 0 aromatic rings. The first-order valence-electron chi connectivity index (χ1n) is 2.24. The van der Waals surface area contributed by atoms with Crippen molar-refractivity contribution in [3.63, 3.8) is 0 Å². The molecule has 1 unspecified atom stereocenters. The van der Waals surface area contributed by atoms with Crippen molar-refractivity contribution in [2.24, 2.45) is 4.99 Å². The number of aliphatic imine (C=N–C) groups is 1. The van der Waals surface area contributed by atoms with Crippen molar-refractivity contribution in [2.45, 2.75) is 6.04 Å². The van der Waals surface area contributed by atoms with Crippen LogP contribution in [0.4, 0.5) is 4.39 Å². The molecule has 1 atom stereocenters. The Labute approximate surface area is 41.4 Å². The third-order valence-corrected chi connectivity index (χ3v) is 0.914. The van der Waals surface area contributed by atoms with Crippen LogP contribution in [0.1, 0.15) is 0 Å². The largest absolute Gasteiger partial charge is 0.369 e. The molecule has 0 saturated heterocycles. The highest BCUT2D eigenvalue weighted by Gasteiger charge is 2.07. The van der Waals surface area contributed by atoms with Crippen molar-refractivity contribution < 1.29 is 4.39 Å². The zero-order chi connectivity index (χ0) is 5.11. The van der Waals surface area contributed by atoms with E-state index in [9.17, 15) is 4.39 Å². The van der Waals surface area contributed by atoms with Crippen LogP contribution in [-0.4, -0.2) is 25.6 Å². The maximum Gasteiger partial charge on any atom is 0.111 e. The van der Waals surface area contributed by atoms with Gasteiger partial charge in [0.25, 0.3) is 0 Å². The van der Waals surface area contributed by atoms with E-state index >= 15 is 0 Å². The monoisotopic (exact) mass is 102 g/mol. The summed E-state index contributed by atoms with van der Waals surface area (Å²) in [5, 5.41) is 2.74. The first-order chi connectivity index (χ1) is 3.43. The molecule has 3 heteroatoms. The molecular weight excluding hydrogens is 95.1 g/mol. The Balaban J connectivity index is 2.22. The zero-order valence-corrected chi connectivity index (χ0v) is 3.89. The molecule has 0 spiro atoms. The molecule has 1 heterocycles. The minimum absolute atomic E-state index is 0.0417. The molecule has 40 valence electrons. The van der Waals surface area contributed by atoms with E-state index in [0.29, 0.717) is 6.54 Å². The third-order valence-electron chi connectivity index (χ3n) is 0.914. The average molecular weight is 102 g/mol. The van der Waals surface area contributed by atoms with Gasteiger partial charge in [0.15, 0.2) is 0 Å². The van der Waals surface area contributed by atoms with Crippen molar-refractivity contribution >= 4 is 6.34 Å². The Kier molecular flexibility index (Phi) is 1.24. The molecule has 0 radical (unpaired) electrons. The fourth-order valence-electron chi connectivity index (χ4n) is 0.484. The lowest BCUT2D eigenvalue weighted by Gasteiger charge is -1.99. The number of nitrogens with zero attached hydrogens (tertiary/aromatic N) is 1. The van der Waals surface area contributed by atoms with E-state index < -0.39 is 0 Å². The van der Waals surface area contributed by atoms with E-state index in [1.807, 2.05) is 0 Å². The van der Waals surface area contributed by atoms with Crippen LogP contribution in [0.25, 0.3) is 0 Å². The van der Waals surface area contributed by atoms with Crippen molar-refractivity contribution in [1.82, 2.24) is 5.32 Å². The highest BCUT2D eigenvalue weighted by Crippen LogP contribution is 1.89. The number of halogens is 1. The van der Waals surface area contributed by atoms with Gasteiger partial charge in [0.1, 0.15) is 6.67 Å². The van der Waals surface area contributed by atoms with Crippen LogP contribution in [0.15, 0.2) is 4.99 Å². The van der Waals surface area contributed by atoms with Crippen molar-refractivity contribution in [1.29, 1.82) is 0 Å². The van der Waals surface area contributed by atoms with Gasteiger partial charge in [-0.1, -0.05) is 0 Å². The Morgan fingerprint density at radius 1 is 2.00 bits per heavy atom. The molecule has 1 N–H and O–H groups in total. The molecule has 2 nitrogen and oxygen atoms in total. The Hall–Kier alpha value is -0.600. The molecule has 0 aliphatic carbocycles. The molecule has 0 aromatic heterocycles. The Morgan fingerprint density at radius 2 is 2.86 bits per heavy atom. The predicted molar refractivity (Wildman–Crippen MR) is 26.3 cm³/mol. The molecule has 1 aliphatic rings. The molecule has 7 heavy (non-hydrogen) atoms. The van der Waals surface area contributed by atoms with Crippen molar-refractivity contribution in [3.05, 3.63) is 0 Å². The minimum Gasteiger partial charge on any atom is -0.369 e. The second-order valence-corrected chi connectivity index (χ2v) is 1.51. The summed E-state index contributed by atoms with van der Waals surface area (Å²) >= 11 is 0. The summed E-state index contributed by atoms with van der Waals surface area (Å²) in [6.45, 7) is 0.274. The fourth-order valence-corrected chi connectivity index (χ4v) is 0.484. The molecule has 0 aromatic carbocycles. The number of hydrogen-bond donors (Lipinski definition) is 1. The highest BCUT2D eigenvalue weighted by atomic mass is 19.1. The van der Waals surface area contributed by atoms with Gasteiger partial charge in [-0.25, -0.2) is 4.39 Å². The Morgan fingerprint density at radius 3 is 3.14 bits per heavy atom. The van der Waals surface area contributed by atoms with Gasteiger partial charge in [-0.3, -0.25) is 4.99 Å². The van der Waals surface area contributed by atoms with Crippen molar-refractivity contribution in [2.75, 3.05) is 13.2 Å². The van der Waals surface area contributed by atoms with E-state index in [-0.39, 0.29) is 12.7 Å². The van der Waals surface area contributed by atoms with Gasteiger partial charge in [0, 0.05) is 0 Å². The summed E-state index contributed by atoms with van der Waals surface area (Å²) in [4.78, 5) is 3.76. The quantitative estimate of drug-likeness (QED) is 0.493. The molecule has 1 rings (SSSR count). The topological polar surface area (TPSA) is 24.4 Å². The molecular formula is C4H7FN2. The number of hydrogen-bond acceptors (Lipinski definition) is 2. The standard InChI is InChI=1S/C4H7FN2/c5-1-4-2-6-3-7-4/h3-4H,1-2H2,(H,6,7). The van der Waals surface area contributed by atoms with E-state index in [2.05, 4.69) is 10.3 Å². The summed E-state index contributed by atoms with van der Waals surface area (Å²) in [6.07, 6.45) is 1.55. The molecule has 1 aliphatic heterocycles. The minimum atomic E-state index is -0.319. The normalized spacial score (nSPS) is 27.9. The maximum absolute atomic E-state index is 11.6. The summed E-state index contributed by atoms with van der Waals surface area (Å²) in [5.74, 6) is 0. The van der Waals surface area contributed by atoms with Gasteiger partial charge in [-0.2, -0.15) is 0 Å². The SMILES string of the molecule is FCC1CN=CN1. The number of nitrogens with one attached hydrogen (secondary N) is 1. The summed E-state index contributed by atoms with van der Waals surface area (Å²) < 4.78 is 11.6. The summed E-state index contributed by atoms with van der Waals surface area (Å²) in [6, 6.07) is -0.0417. The highest BCUT2D eigenvalue weighted by molar-refractivity contribution is 5.57. The van der Waals surface area contributed by atoms with E-state index in [0.717, 1.165) is 0 Å². The van der Waals surface area contributed by atoms with E-state index in [4.69, 9.17) is 0 Å². The second-order valence-electron chi connectivity index (χ2n) is 1.51. The van der Waals surface area contributed by atoms with Crippen LogP contribution in [0.2, 0.25) is 0 Å². The van der Waals surface area contributed by atoms with Crippen molar-refractivity contribution in [3.8, 4) is 0 Å². The average Bonchev–Trinajstić information content (AvgIpc) is 2.14. The van der Waals surface area contributed by atoms with Gasteiger partial charge < -0.3 is 5.32 Å². The lowest BCUT2D eigenvalue weighted by atomic mass is 10.4. The first kappa shape index (κ1) is 4.56. The van der Waals surface area contributed by atoms with E-state index in [1.165, 1.54) is 0 Å². The smallest absolute Gasteiger partial charge is 0.111 e. The number of rotatable bonds is 1. The lowest BCUT2D eigenvalue weighted by Crippen LogP contribution is -2.26. The summed E-state index contributed by atoms with van der Waals surface area (Å²) in [5.41, 5.74) is 0. The van der Waals surface area contributed by atoms with E-state index in [1.54, 1.807) is 6.34 Å². The molecule has 0 amide bonds. The van der Waals surface area contributed by atoms with Crippen LogP contribution in [0.5, 0.6) is 0 Å². The van der Waals surface area contributed by atoms with Crippen LogP contribution in [0, 0.1) is 0 Å². The summed E-state index contributed by atoms with van der Waals surface area (Å²) in [7, 11) is 0. The maximum atomic E-state index is 11.6. The second kappa shape index (κ2) is 1.91. The van der Waals surface area contributed by atoms with Crippen LogP contribution < -0.4 is 5.32 Å². The van der Waals surface area contributed by atoms with Crippen LogP contribution in [-0.2, 0) is 0 Å². The van der Waals surface area contributed by atoms with Crippen LogP contribution in [0.3, 0.4) is 0 Å². The molecule has 0 saturated carbocycles. The molecule has 0 fully saturated rings. The van der Waals surface area contributed by atoms with Gasteiger partial charge in [-0.05, 0) is 0 Å².